The quantitative estimate of drug-likeness (QED) is 0.570. The molecule has 0 aliphatic carbocycles. The molecule has 0 amide bonds. The Morgan fingerprint density at radius 1 is 1.33 bits per heavy atom. The third-order valence-electron chi connectivity index (χ3n) is 2.56. The summed E-state index contributed by atoms with van der Waals surface area (Å²) in [5.41, 5.74) is 0. The molecule has 0 unspecified atom stereocenters. The first-order valence-corrected chi connectivity index (χ1v) is 6.85. The molecule has 0 bridgehead atoms. The predicted molar refractivity (Wildman–Crippen MR) is 69.8 cm³/mol. The van der Waals surface area contributed by atoms with Gasteiger partial charge in [-0.15, -0.1) is 0 Å². The number of nitrogens with zero attached hydrogens (tertiary/aromatic N) is 1. The maximum atomic E-state index is 4.63. The smallest absolute Gasteiger partial charge is 0.191 e. The second kappa shape index (κ2) is 6.26. The monoisotopic (exact) mass is 229 g/mol. The van der Waals surface area contributed by atoms with Crippen LogP contribution < -0.4 is 10.6 Å². The first kappa shape index (κ1) is 12.7. The van der Waals surface area contributed by atoms with Crippen molar-refractivity contribution in [2.24, 2.45) is 4.99 Å². The highest BCUT2D eigenvalue weighted by atomic mass is 32.2. The van der Waals surface area contributed by atoms with Gasteiger partial charge >= 0.3 is 0 Å². The number of hydrogen-bond acceptors (Lipinski definition) is 2. The Balaban J connectivity index is 2.43. The zero-order chi connectivity index (χ0) is 11.1. The minimum Gasteiger partial charge on any atom is -0.357 e. The molecule has 0 radical (unpaired) electrons. The first-order valence-electron chi connectivity index (χ1n) is 5.86. The average molecular weight is 229 g/mol. The summed E-state index contributed by atoms with van der Waals surface area (Å²) >= 11 is 2.06. The molecule has 3 nitrogen and oxygen atoms in total. The van der Waals surface area contributed by atoms with E-state index in [0.717, 1.165) is 25.6 Å². The van der Waals surface area contributed by atoms with Crippen LogP contribution in [0.1, 0.15) is 33.6 Å². The van der Waals surface area contributed by atoms with Gasteiger partial charge in [0.25, 0.3) is 0 Å². The van der Waals surface area contributed by atoms with Crippen molar-refractivity contribution >= 4 is 17.7 Å². The summed E-state index contributed by atoms with van der Waals surface area (Å²) < 4.78 is 0.371. The van der Waals surface area contributed by atoms with Gasteiger partial charge in [-0.05, 0) is 39.4 Å². The highest BCUT2D eigenvalue weighted by Crippen LogP contribution is 2.37. The summed E-state index contributed by atoms with van der Waals surface area (Å²) in [4.78, 5) is 4.63. The van der Waals surface area contributed by atoms with Gasteiger partial charge < -0.3 is 10.6 Å². The molecule has 0 aromatic carbocycles. The number of thioether (sulfide) groups is 1. The Hall–Kier alpha value is -0.380. The van der Waals surface area contributed by atoms with Crippen molar-refractivity contribution in [2.45, 2.75) is 38.4 Å². The lowest BCUT2D eigenvalue weighted by molar-refractivity contribution is 0.615. The van der Waals surface area contributed by atoms with Crippen LogP contribution in [0.15, 0.2) is 4.99 Å². The number of nitrogens with one attached hydrogen (secondary N) is 2. The Labute approximate surface area is 97.5 Å². The molecule has 15 heavy (non-hydrogen) atoms. The van der Waals surface area contributed by atoms with Crippen molar-refractivity contribution in [2.75, 3.05) is 25.4 Å². The third-order valence-corrected chi connectivity index (χ3v) is 4.08. The summed E-state index contributed by atoms with van der Waals surface area (Å²) in [5, 5.41) is 6.51. The van der Waals surface area contributed by atoms with Gasteiger partial charge in [0, 0.05) is 17.8 Å². The molecule has 88 valence electrons. The van der Waals surface area contributed by atoms with Gasteiger partial charge in [0.05, 0.1) is 6.54 Å². The summed E-state index contributed by atoms with van der Waals surface area (Å²) in [7, 11) is 0. The molecule has 0 aromatic rings. The molecular formula is C11H23N3S. The lowest BCUT2D eigenvalue weighted by Gasteiger charge is -2.20. The SMILES string of the molecule is CCNC(=NC[C@]1(C)CCCS1)NCC. The van der Waals surface area contributed by atoms with Crippen LogP contribution in [0.5, 0.6) is 0 Å². The molecule has 0 saturated carbocycles. The topological polar surface area (TPSA) is 36.4 Å². The van der Waals surface area contributed by atoms with Crippen LogP contribution in [0.3, 0.4) is 0 Å². The molecule has 0 spiro atoms. The Bertz CT molecular complexity index is 202. The van der Waals surface area contributed by atoms with E-state index in [1.165, 1.54) is 18.6 Å². The maximum absolute atomic E-state index is 4.63. The van der Waals surface area contributed by atoms with Crippen molar-refractivity contribution in [1.29, 1.82) is 0 Å². The fourth-order valence-electron chi connectivity index (χ4n) is 1.72. The van der Waals surface area contributed by atoms with Crippen LogP contribution in [0, 0.1) is 0 Å². The van der Waals surface area contributed by atoms with Crippen LogP contribution in [-0.2, 0) is 0 Å². The van der Waals surface area contributed by atoms with E-state index in [1.807, 2.05) is 0 Å². The lowest BCUT2D eigenvalue weighted by Crippen LogP contribution is -2.38. The van der Waals surface area contributed by atoms with Gasteiger partial charge in [0.1, 0.15) is 0 Å². The van der Waals surface area contributed by atoms with Gasteiger partial charge in [0.2, 0.25) is 0 Å². The van der Waals surface area contributed by atoms with Crippen molar-refractivity contribution in [1.82, 2.24) is 10.6 Å². The highest BCUT2D eigenvalue weighted by molar-refractivity contribution is 8.00. The molecule has 1 rings (SSSR count). The van der Waals surface area contributed by atoms with E-state index in [0.29, 0.717) is 4.75 Å². The number of rotatable bonds is 4. The number of hydrogen-bond donors (Lipinski definition) is 2. The largest absolute Gasteiger partial charge is 0.357 e. The van der Waals surface area contributed by atoms with Gasteiger partial charge in [-0.25, -0.2) is 0 Å². The third kappa shape index (κ3) is 4.33. The molecule has 1 saturated heterocycles. The summed E-state index contributed by atoms with van der Waals surface area (Å²) in [5.74, 6) is 2.25. The molecule has 1 aliphatic heterocycles. The fourth-order valence-corrected chi connectivity index (χ4v) is 2.94. The molecule has 0 aromatic heterocycles. The maximum Gasteiger partial charge on any atom is 0.191 e. The van der Waals surface area contributed by atoms with E-state index >= 15 is 0 Å². The van der Waals surface area contributed by atoms with Crippen LogP contribution >= 0.6 is 11.8 Å². The number of guanidine groups is 1. The van der Waals surface area contributed by atoms with Crippen molar-refractivity contribution in [3.63, 3.8) is 0 Å². The molecule has 4 heteroatoms. The van der Waals surface area contributed by atoms with Crippen molar-refractivity contribution in [3.8, 4) is 0 Å². The zero-order valence-corrected chi connectivity index (χ0v) is 10.9. The molecular weight excluding hydrogens is 206 g/mol. The second-order valence-corrected chi connectivity index (χ2v) is 5.81. The average Bonchev–Trinajstić information content (AvgIpc) is 2.63. The van der Waals surface area contributed by atoms with Crippen LogP contribution in [-0.4, -0.2) is 36.1 Å². The summed E-state index contributed by atoms with van der Waals surface area (Å²) in [6, 6.07) is 0. The Kier molecular flexibility index (Phi) is 5.29. The summed E-state index contributed by atoms with van der Waals surface area (Å²) in [6.07, 6.45) is 2.64. The number of aliphatic imine (C=N–C) groups is 1. The molecule has 1 fully saturated rings. The highest BCUT2D eigenvalue weighted by Gasteiger charge is 2.29. The normalized spacial score (nSPS) is 25.0. The molecule has 1 aliphatic rings. The van der Waals surface area contributed by atoms with Gasteiger partial charge in [-0.1, -0.05) is 0 Å². The first-order chi connectivity index (χ1) is 7.20. The minimum atomic E-state index is 0.371. The lowest BCUT2D eigenvalue weighted by atomic mass is 10.1. The van der Waals surface area contributed by atoms with Crippen LogP contribution in [0.2, 0.25) is 0 Å². The van der Waals surface area contributed by atoms with E-state index in [1.54, 1.807) is 0 Å². The van der Waals surface area contributed by atoms with E-state index in [-0.39, 0.29) is 0 Å². The fraction of sp³-hybridized carbons (Fsp3) is 0.909. The predicted octanol–water partition coefficient (Wildman–Crippen LogP) is 1.85. The molecule has 1 atom stereocenters. The van der Waals surface area contributed by atoms with Crippen LogP contribution in [0.4, 0.5) is 0 Å². The Morgan fingerprint density at radius 3 is 2.47 bits per heavy atom. The molecule has 2 N–H and O–H groups in total. The molecule has 1 heterocycles. The van der Waals surface area contributed by atoms with Gasteiger partial charge in [-0.2, -0.15) is 11.8 Å². The zero-order valence-electron chi connectivity index (χ0n) is 10.1. The van der Waals surface area contributed by atoms with E-state index in [2.05, 4.69) is 48.2 Å². The summed E-state index contributed by atoms with van der Waals surface area (Å²) in [6.45, 7) is 9.29. The van der Waals surface area contributed by atoms with E-state index in [9.17, 15) is 0 Å². The van der Waals surface area contributed by atoms with Gasteiger partial charge in [-0.3, -0.25) is 4.99 Å². The van der Waals surface area contributed by atoms with E-state index < -0.39 is 0 Å². The van der Waals surface area contributed by atoms with Crippen molar-refractivity contribution < 1.29 is 0 Å². The van der Waals surface area contributed by atoms with E-state index in [4.69, 9.17) is 0 Å². The van der Waals surface area contributed by atoms with Gasteiger partial charge in [0.15, 0.2) is 5.96 Å². The minimum absolute atomic E-state index is 0.371. The Morgan fingerprint density at radius 2 is 2.00 bits per heavy atom. The van der Waals surface area contributed by atoms with Crippen LogP contribution in [0.25, 0.3) is 0 Å². The standard InChI is InChI=1S/C11H23N3S/c1-4-12-10(13-5-2)14-9-11(3)7-6-8-15-11/h4-9H2,1-3H3,(H2,12,13,14)/t11-/m0/s1. The second-order valence-electron chi connectivity index (χ2n) is 4.13. The van der Waals surface area contributed by atoms with Crippen molar-refractivity contribution in [3.05, 3.63) is 0 Å².